The van der Waals surface area contributed by atoms with E-state index in [4.69, 9.17) is 5.41 Å². The van der Waals surface area contributed by atoms with E-state index in [2.05, 4.69) is 48.0 Å². The topological polar surface area (TPSA) is 50.8 Å². The second-order valence-corrected chi connectivity index (χ2v) is 7.17. The molecule has 1 heterocycles. The second-order valence-electron chi connectivity index (χ2n) is 6.25. The second kappa shape index (κ2) is 6.84. The zero-order valence-electron chi connectivity index (χ0n) is 14.5. The third-order valence-corrected chi connectivity index (χ3v) is 5.04. The maximum absolute atomic E-state index is 12.5. The summed E-state index contributed by atoms with van der Waals surface area (Å²) in [5.74, 6) is -0.0109. The molecule has 0 fully saturated rings. The van der Waals surface area contributed by atoms with Gasteiger partial charge in [0.05, 0.1) is 12.2 Å². The fraction of sp³-hybridized carbons (Fsp3) is 0.200. The van der Waals surface area contributed by atoms with Gasteiger partial charge >= 0.3 is 0 Å². The first-order valence-corrected chi connectivity index (χ1v) is 8.83. The summed E-state index contributed by atoms with van der Waals surface area (Å²) >= 11 is 3.37. The van der Waals surface area contributed by atoms with Crippen LogP contribution in [0.3, 0.4) is 0 Å². The zero-order valence-corrected chi connectivity index (χ0v) is 16.1. The number of nitrogens with zero attached hydrogens (tertiary/aromatic N) is 2. The number of hydrogen-bond donors (Lipinski definition) is 1. The van der Waals surface area contributed by atoms with Gasteiger partial charge in [-0.2, -0.15) is 0 Å². The monoisotopic (exact) mass is 397 g/mol. The summed E-state index contributed by atoms with van der Waals surface area (Å²) in [5, 5.41) is 8.32. The number of ketones is 1. The first-order chi connectivity index (χ1) is 11.9. The molecule has 1 N–H and O–H groups in total. The number of hydrogen-bond acceptors (Lipinski definition) is 2. The first-order valence-electron chi connectivity index (χ1n) is 8.04. The number of rotatable bonds is 4. The number of benzene rings is 2. The van der Waals surface area contributed by atoms with Crippen LogP contribution < -0.4 is 5.62 Å². The van der Waals surface area contributed by atoms with Crippen LogP contribution in [0.1, 0.15) is 21.5 Å². The van der Waals surface area contributed by atoms with Crippen molar-refractivity contribution in [2.45, 2.75) is 20.4 Å². The molecule has 4 nitrogen and oxygen atoms in total. The molecular formula is C20H20BrN3O. The van der Waals surface area contributed by atoms with Crippen molar-refractivity contribution < 1.29 is 4.79 Å². The fourth-order valence-electron chi connectivity index (χ4n) is 2.77. The number of imidazole rings is 1. The van der Waals surface area contributed by atoms with Crippen LogP contribution in [0.4, 0.5) is 0 Å². The Morgan fingerprint density at radius 2 is 1.76 bits per heavy atom. The molecule has 2 aromatic carbocycles. The van der Waals surface area contributed by atoms with Gasteiger partial charge in [0.25, 0.3) is 0 Å². The highest BCUT2D eigenvalue weighted by atomic mass is 79.9. The number of aromatic nitrogens is 2. The summed E-state index contributed by atoms with van der Waals surface area (Å²) in [4.78, 5) is 12.5. The quantitative estimate of drug-likeness (QED) is 0.657. The smallest absolute Gasteiger partial charge is 0.202 e. The molecule has 0 aliphatic carbocycles. The van der Waals surface area contributed by atoms with Gasteiger partial charge in [-0.15, -0.1) is 0 Å². The predicted molar refractivity (Wildman–Crippen MR) is 103 cm³/mol. The summed E-state index contributed by atoms with van der Waals surface area (Å²) in [6, 6.07) is 13.5. The average molecular weight is 398 g/mol. The number of carbonyl (C=O) groups is 1. The maximum atomic E-state index is 12.5. The Morgan fingerprint density at radius 1 is 1.08 bits per heavy atom. The molecule has 0 bridgehead atoms. The molecular weight excluding hydrogens is 378 g/mol. The van der Waals surface area contributed by atoms with E-state index in [1.807, 2.05) is 25.4 Å². The Morgan fingerprint density at radius 3 is 2.40 bits per heavy atom. The molecule has 0 atom stereocenters. The van der Waals surface area contributed by atoms with E-state index in [0.717, 1.165) is 15.7 Å². The minimum absolute atomic E-state index is 0.0109. The normalized spacial score (nSPS) is 10.9. The van der Waals surface area contributed by atoms with Crippen molar-refractivity contribution in [2.24, 2.45) is 7.05 Å². The van der Waals surface area contributed by atoms with Gasteiger partial charge < -0.3 is 9.13 Å². The first kappa shape index (κ1) is 17.4. The molecule has 0 aliphatic heterocycles. The minimum atomic E-state index is -0.0109. The van der Waals surface area contributed by atoms with Gasteiger partial charge in [-0.3, -0.25) is 10.2 Å². The zero-order chi connectivity index (χ0) is 18.1. The van der Waals surface area contributed by atoms with Gasteiger partial charge in [-0.25, -0.2) is 0 Å². The number of halogens is 1. The van der Waals surface area contributed by atoms with Crippen molar-refractivity contribution in [2.75, 3.05) is 0 Å². The Kier molecular flexibility index (Phi) is 4.77. The van der Waals surface area contributed by atoms with E-state index in [1.54, 1.807) is 21.3 Å². The van der Waals surface area contributed by atoms with Crippen molar-refractivity contribution in [3.05, 3.63) is 75.4 Å². The van der Waals surface area contributed by atoms with Crippen molar-refractivity contribution in [3.8, 4) is 11.3 Å². The van der Waals surface area contributed by atoms with Crippen LogP contribution in [-0.2, 0) is 13.6 Å². The molecule has 128 valence electrons. The molecule has 0 amide bonds. The van der Waals surface area contributed by atoms with E-state index in [0.29, 0.717) is 11.2 Å². The SMILES string of the molecule is Cc1ccc(-c2cn(CC(=O)c3ccc(Br)cc3)c(=N)n2C)cc1C. The molecule has 3 aromatic rings. The van der Waals surface area contributed by atoms with E-state index in [9.17, 15) is 4.79 Å². The Hall–Kier alpha value is -2.40. The number of aryl methyl sites for hydroxylation is 2. The van der Waals surface area contributed by atoms with Gasteiger partial charge in [0.15, 0.2) is 5.78 Å². The number of carbonyl (C=O) groups excluding carboxylic acids is 1. The molecule has 0 saturated carbocycles. The van der Waals surface area contributed by atoms with E-state index in [-0.39, 0.29) is 12.3 Å². The third kappa shape index (κ3) is 3.51. The summed E-state index contributed by atoms with van der Waals surface area (Å²) in [5.41, 5.74) is 5.38. The van der Waals surface area contributed by atoms with Crippen LogP contribution in [0.2, 0.25) is 0 Å². The molecule has 3 rings (SSSR count). The van der Waals surface area contributed by atoms with Crippen LogP contribution in [0.25, 0.3) is 11.3 Å². The highest BCUT2D eigenvalue weighted by molar-refractivity contribution is 9.10. The predicted octanol–water partition coefficient (Wildman–Crippen LogP) is 4.24. The van der Waals surface area contributed by atoms with Gasteiger partial charge in [0.2, 0.25) is 5.62 Å². The van der Waals surface area contributed by atoms with E-state index < -0.39 is 0 Å². The fourth-order valence-corrected chi connectivity index (χ4v) is 3.04. The molecule has 0 unspecified atom stereocenters. The van der Waals surface area contributed by atoms with E-state index in [1.165, 1.54) is 11.1 Å². The Labute approximate surface area is 155 Å². The van der Waals surface area contributed by atoms with Crippen LogP contribution in [0, 0.1) is 19.3 Å². The summed E-state index contributed by atoms with van der Waals surface area (Å²) < 4.78 is 4.43. The summed E-state index contributed by atoms with van der Waals surface area (Å²) in [6.45, 7) is 4.31. The maximum Gasteiger partial charge on any atom is 0.202 e. The third-order valence-electron chi connectivity index (χ3n) is 4.51. The lowest BCUT2D eigenvalue weighted by Crippen LogP contribution is -2.25. The molecule has 25 heavy (non-hydrogen) atoms. The molecule has 0 radical (unpaired) electrons. The van der Waals surface area contributed by atoms with Crippen LogP contribution in [-0.4, -0.2) is 14.9 Å². The van der Waals surface area contributed by atoms with Crippen molar-refractivity contribution >= 4 is 21.7 Å². The summed E-state index contributed by atoms with van der Waals surface area (Å²) in [7, 11) is 1.85. The number of Topliss-reactive ketones (excluding diaryl/α,β-unsaturated/α-hetero) is 1. The Bertz CT molecular complexity index is 997. The molecule has 5 heteroatoms. The van der Waals surface area contributed by atoms with Crippen molar-refractivity contribution in [1.29, 1.82) is 5.41 Å². The summed E-state index contributed by atoms with van der Waals surface area (Å²) in [6.07, 6.45) is 1.88. The highest BCUT2D eigenvalue weighted by Crippen LogP contribution is 2.21. The van der Waals surface area contributed by atoms with Crippen LogP contribution >= 0.6 is 15.9 Å². The van der Waals surface area contributed by atoms with E-state index >= 15 is 0 Å². The molecule has 0 spiro atoms. The minimum Gasteiger partial charge on any atom is -0.314 e. The van der Waals surface area contributed by atoms with Crippen LogP contribution in [0.5, 0.6) is 0 Å². The lowest BCUT2D eigenvalue weighted by Gasteiger charge is -2.05. The number of nitrogens with one attached hydrogen (secondary N) is 1. The highest BCUT2D eigenvalue weighted by Gasteiger charge is 2.12. The van der Waals surface area contributed by atoms with Gasteiger partial charge in [-0.05, 0) is 48.7 Å². The van der Waals surface area contributed by atoms with Crippen molar-refractivity contribution in [3.63, 3.8) is 0 Å². The lowest BCUT2D eigenvalue weighted by atomic mass is 10.0. The largest absolute Gasteiger partial charge is 0.314 e. The van der Waals surface area contributed by atoms with Gasteiger partial charge in [-0.1, -0.05) is 40.2 Å². The van der Waals surface area contributed by atoms with Gasteiger partial charge in [0.1, 0.15) is 0 Å². The average Bonchev–Trinajstić information content (AvgIpc) is 2.86. The van der Waals surface area contributed by atoms with Gasteiger partial charge in [0, 0.05) is 23.3 Å². The molecule has 1 aromatic heterocycles. The molecule has 0 saturated heterocycles. The van der Waals surface area contributed by atoms with Crippen LogP contribution in [0.15, 0.2) is 53.1 Å². The van der Waals surface area contributed by atoms with Crippen molar-refractivity contribution in [1.82, 2.24) is 9.13 Å². The standard InChI is InChI=1S/C20H20BrN3O/c1-13-4-5-16(10-14(13)2)18-11-24(20(22)23(18)3)12-19(25)15-6-8-17(21)9-7-15/h4-11,22H,12H2,1-3H3. The molecule has 0 aliphatic rings. The lowest BCUT2D eigenvalue weighted by molar-refractivity contribution is 0.0970. The Balaban J connectivity index is 1.93.